The summed E-state index contributed by atoms with van der Waals surface area (Å²) >= 11 is 0. The number of hydrogen-bond donors (Lipinski definition) is 13. The molecule has 75 heavy (non-hydrogen) atoms. The molecule has 0 aliphatic carbocycles. The summed E-state index contributed by atoms with van der Waals surface area (Å²) in [7, 11) is 0. The van der Waals surface area contributed by atoms with E-state index in [4.69, 9.17) is 11.5 Å². The molecule has 0 aliphatic heterocycles. The fourth-order valence-corrected chi connectivity index (χ4v) is 7.75. The van der Waals surface area contributed by atoms with E-state index in [2.05, 4.69) is 52.5 Å². The summed E-state index contributed by atoms with van der Waals surface area (Å²) in [6, 6.07) is -2.69. The predicted molar refractivity (Wildman–Crippen MR) is 278 cm³/mol. The lowest BCUT2D eigenvalue weighted by molar-refractivity contribution is -0.143. The van der Waals surface area contributed by atoms with Crippen molar-refractivity contribution >= 4 is 59.2 Å². The smallest absolute Gasteiger partial charge is 0.326 e. The summed E-state index contributed by atoms with van der Waals surface area (Å²) in [5.41, 5.74) is 12.6. The Labute approximate surface area is 439 Å². The van der Waals surface area contributed by atoms with Crippen molar-refractivity contribution in [1.82, 2.24) is 52.5 Å². The van der Waals surface area contributed by atoms with E-state index >= 15 is 0 Å². The van der Waals surface area contributed by atoms with Crippen molar-refractivity contribution in [1.29, 1.82) is 0 Å². The maximum Gasteiger partial charge on any atom is 0.326 e. The van der Waals surface area contributed by atoms with Gasteiger partial charge in [-0.2, -0.15) is 0 Å². The van der Waals surface area contributed by atoms with E-state index in [0.29, 0.717) is 43.5 Å². The van der Waals surface area contributed by atoms with Crippen molar-refractivity contribution in [2.45, 2.75) is 174 Å². The molecule has 1 aromatic heterocycles. The molecule has 0 spiro atoms. The summed E-state index contributed by atoms with van der Waals surface area (Å²) in [5.74, 6) is -10.6. The number of amides is 8. The van der Waals surface area contributed by atoms with Gasteiger partial charge in [0.1, 0.15) is 48.3 Å². The van der Waals surface area contributed by atoms with Gasteiger partial charge in [-0.15, -0.1) is 0 Å². The third-order valence-electron chi connectivity index (χ3n) is 12.5. The fourth-order valence-electron chi connectivity index (χ4n) is 7.75. The number of nitrogens with zero attached hydrogens (tertiary/aromatic N) is 1. The summed E-state index contributed by atoms with van der Waals surface area (Å²) in [6.07, 6.45) is 3.67. The first-order valence-electron chi connectivity index (χ1n) is 25.6. The van der Waals surface area contributed by atoms with Gasteiger partial charge in [-0.3, -0.25) is 43.2 Å². The highest BCUT2D eigenvalue weighted by Gasteiger charge is 2.37. The molecule has 1 heterocycles. The Hall–Kier alpha value is -6.95. The number of hydrogen-bond acceptors (Lipinski definition) is 13. The van der Waals surface area contributed by atoms with Gasteiger partial charge in [-0.25, -0.2) is 9.78 Å². The lowest BCUT2D eigenvalue weighted by atomic mass is 9.95. The van der Waals surface area contributed by atoms with Gasteiger partial charge in [0, 0.05) is 31.2 Å². The Balaban J connectivity index is 2.37. The Morgan fingerprint density at radius 3 is 1.61 bits per heavy atom. The van der Waals surface area contributed by atoms with Crippen LogP contribution in [0.15, 0.2) is 42.9 Å². The summed E-state index contributed by atoms with van der Waals surface area (Å²) in [4.78, 5) is 141. The number of benzene rings is 1. The van der Waals surface area contributed by atoms with Crippen molar-refractivity contribution in [3.63, 3.8) is 0 Å². The third kappa shape index (κ3) is 22.6. The van der Waals surface area contributed by atoms with E-state index in [0.717, 1.165) is 0 Å². The molecule has 24 heteroatoms. The number of aromatic amines is 1. The predicted octanol–water partition coefficient (Wildman–Crippen LogP) is -0.0969. The number of carbonyl (C=O) groups is 10. The van der Waals surface area contributed by atoms with Crippen LogP contribution in [-0.4, -0.2) is 140 Å². The first-order chi connectivity index (χ1) is 35.3. The Morgan fingerprint density at radius 1 is 0.587 bits per heavy atom. The van der Waals surface area contributed by atoms with Crippen molar-refractivity contribution in [2.75, 3.05) is 6.54 Å². The van der Waals surface area contributed by atoms with E-state index < -0.39 is 144 Å². The molecule has 10 atom stereocenters. The largest absolute Gasteiger partial charge is 0.481 e. The number of nitrogens with one attached hydrogen (secondary N) is 9. The van der Waals surface area contributed by atoms with Gasteiger partial charge in [0.25, 0.3) is 0 Å². The number of carbonyl (C=O) groups excluding carboxylic acids is 8. The van der Waals surface area contributed by atoms with Gasteiger partial charge in [-0.05, 0) is 68.4 Å². The van der Waals surface area contributed by atoms with Crippen molar-refractivity contribution in [3.05, 3.63) is 54.1 Å². The van der Waals surface area contributed by atoms with Crippen molar-refractivity contribution in [2.24, 2.45) is 35.1 Å². The molecule has 1 aromatic carbocycles. The van der Waals surface area contributed by atoms with Crippen LogP contribution in [0.3, 0.4) is 0 Å². The number of unbranched alkanes of at least 4 members (excludes halogenated alkanes) is 1. The molecule has 0 unspecified atom stereocenters. The van der Waals surface area contributed by atoms with Gasteiger partial charge in [0.2, 0.25) is 47.3 Å². The molecule has 0 saturated carbocycles. The molecule has 0 radical (unpaired) electrons. The molecule has 0 bridgehead atoms. The highest BCUT2D eigenvalue weighted by atomic mass is 16.4. The number of aliphatic carboxylic acids is 2. The van der Waals surface area contributed by atoms with Crippen LogP contribution in [0.1, 0.15) is 119 Å². The number of rotatable bonds is 34. The van der Waals surface area contributed by atoms with Crippen LogP contribution in [0, 0.1) is 23.7 Å². The van der Waals surface area contributed by atoms with Crippen LogP contribution in [0.4, 0.5) is 0 Å². The Kier molecular flexibility index (Phi) is 27.7. The molecule has 8 amide bonds. The average Bonchev–Trinajstić information content (AvgIpc) is 3.87. The third-order valence-corrected chi connectivity index (χ3v) is 12.5. The summed E-state index contributed by atoms with van der Waals surface area (Å²) in [6.45, 7) is 15.4. The zero-order valence-corrected chi connectivity index (χ0v) is 44.7. The minimum absolute atomic E-state index is 0.0344. The lowest BCUT2D eigenvalue weighted by Gasteiger charge is -2.30. The van der Waals surface area contributed by atoms with Crippen LogP contribution in [0.5, 0.6) is 0 Å². The van der Waals surface area contributed by atoms with Crippen molar-refractivity contribution in [3.8, 4) is 0 Å². The average molecular weight is 1060 g/mol. The van der Waals surface area contributed by atoms with E-state index in [1.807, 2.05) is 0 Å². The molecular weight excluding hydrogens is 973 g/mol. The molecule has 0 fully saturated rings. The number of imidazole rings is 1. The molecule has 0 saturated heterocycles. The standard InChI is InChI=1S/C51H82N12O12/c1-10-30(8)42(63-45(68)35(19-20-39(64)65)57-43(66)31(9)56-48(71)40(28(4)5)61-44(67)34(53)18-14-15-21-52)50(73)62-41(29(6)7)49(72)59-37(24-33-25-54-26-55-33)47(70)58-36(23-32-16-12-11-13-17-32)46(69)60-38(51(74)75)22-27(2)3/h11-13,16-17,25-31,34-38,40-42H,10,14-15,18-24,52-53H2,1-9H3,(H,54,55)(H,56,71)(H,57,66)(H,58,70)(H,59,72)(H,60,69)(H,61,67)(H,62,73)(H,63,68)(H,64,65)(H,74,75)/t30-,31-,34-,35-,36-,37-,38-,40-,41-,42-/m0/s1. The van der Waals surface area contributed by atoms with E-state index in [1.54, 1.807) is 85.7 Å². The zero-order chi connectivity index (χ0) is 56.5. The maximum atomic E-state index is 14.3. The zero-order valence-electron chi connectivity index (χ0n) is 44.7. The second-order valence-corrected chi connectivity index (χ2v) is 20.1. The fraction of sp³-hybridized carbons (Fsp3) is 0.627. The summed E-state index contributed by atoms with van der Waals surface area (Å²) < 4.78 is 0. The van der Waals surface area contributed by atoms with Crippen LogP contribution in [-0.2, 0) is 60.8 Å². The number of nitrogens with two attached hydrogens (primary N) is 2. The quantitative estimate of drug-likeness (QED) is 0.0407. The number of H-pyrrole nitrogens is 1. The topological polar surface area (TPSA) is 388 Å². The lowest BCUT2D eigenvalue weighted by Crippen LogP contribution is -2.62. The van der Waals surface area contributed by atoms with Gasteiger partial charge in [0.15, 0.2) is 0 Å². The monoisotopic (exact) mass is 1050 g/mol. The first kappa shape index (κ1) is 64.2. The van der Waals surface area contributed by atoms with Crippen LogP contribution >= 0.6 is 0 Å². The van der Waals surface area contributed by atoms with Gasteiger partial charge < -0.3 is 69.2 Å². The number of aromatic nitrogens is 2. The second-order valence-electron chi connectivity index (χ2n) is 20.1. The van der Waals surface area contributed by atoms with E-state index in [-0.39, 0.29) is 25.2 Å². The van der Waals surface area contributed by atoms with Crippen LogP contribution in [0.25, 0.3) is 0 Å². The molecular formula is C51H82N12O12. The van der Waals surface area contributed by atoms with Crippen LogP contribution in [0.2, 0.25) is 0 Å². The minimum Gasteiger partial charge on any atom is -0.481 e. The SMILES string of the molecule is CC[C@H](C)[C@H](NC(=O)[C@H](CCC(=O)O)NC(=O)[C@H](C)NC(=O)[C@@H](NC(=O)[C@@H](N)CCCCN)C(C)C)C(=O)N[C@H](C(=O)N[C@@H](Cc1cnc[nH]1)C(=O)N[C@@H](Cc1ccccc1)C(=O)N[C@@H](CC(C)C)C(=O)O)C(C)C. The molecule has 418 valence electrons. The minimum atomic E-state index is -1.52. The van der Waals surface area contributed by atoms with E-state index in [9.17, 15) is 58.2 Å². The highest BCUT2D eigenvalue weighted by Crippen LogP contribution is 2.14. The van der Waals surface area contributed by atoms with Crippen molar-refractivity contribution < 1.29 is 58.2 Å². The molecule has 2 rings (SSSR count). The second kappa shape index (κ2) is 32.4. The maximum absolute atomic E-state index is 14.3. The first-order valence-corrected chi connectivity index (χ1v) is 25.6. The molecule has 2 aromatic rings. The molecule has 24 nitrogen and oxygen atoms in total. The Bertz CT molecular complexity index is 2190. The number of carboxylic acids is 2. The Morgan fingerprint density at radius 2 is 1.09 bits per heavy atom. The van der Waals surface area contributed by atoms with Gasteiger partial charge >= 0.3 is 11.9 Å². The van der Waals surface area contributed by atoms with Crippen LogP contribution < -0.4 is 54.0 Å². The van der Waals surface area contributed by atoms with Gasteiger partial charge in [-0.1, -0.05) is 98.6 Å². The number of carboxylic acid groups (broad SMARTS) is 2. The normalized spacial score (nSPS) is 15.3. The van der Waals surface area contributed by atoms with Gasteiger partial charge in [0.05, 0.1) is 12.4 Å². The molecule has 15 N–H and O–H groups in total. The molecule has 0 aliphatic rings. The summed E-state index contributed by atoms with van der Waals surface area (Å²) in [5, 5.41) is 40.3. The highest BCUT2D eigenvalue weighted by molar-refractivity contribution is 5.98. The van der Waals surface area contributed by atoms with E-state index in [1.165, 1.54) is 19.4 Å².